The van der Waals surface area contributed by atoms with Crippen LogP contribution in [0.3, 0.4) is 0 Å². The van der Waals surface area contributed by atoms with Gasteiger partial charge in [0.15, 0.2) is 12.3 Å². The van der Waals surface area contributed by atoms with Crippen molar-refractivity contribution in [3.8, 4) is 11.6 Å². The summed E-state index contributed by atoms with van der Waals surface area (Å²) in [4.78, 5) is 17.1. The van der Waals surface area contributed by atoms with E-state index in [0.717, 1.165) is 45.6 Å². The molecule has 0 aliphatic heterocycles. The maximum Gasteiger partial charge on any atom is 0.262 e. The summed E-state index contributed by atoms with van der Waals surface area (Å²) in [5.41, 5.74) is 6.70. The Morgan fingerprint density at radius 1 is 1.03 bits per heavy atom. The topological polar surface area (TPSA) is 69.0 Å². The van der Waals surface area contributed by atoms with Crippen molar-refractivity contribution >= 4 is 22.6 Å². The van der Waals surface area contributed by atoms with E-state index in [1.165, 1.54) is 5.56 Å². The van der Waals surface area contributed by atoms with Gasteiger partial charge in [-0.25, -0.2) is 4.68 Å². The second-order valence-electron chi connectivity index (χ2n) is 7.71. The van der Waals surface area contributed by atoms with Gasteiger partial charge in [0, 0.05) is 17.1 Å². The number of aromatic nitrogens is 3. The van der Waals surface area contributed by atoms with Crippen molar-refractivity contribution in [2.45, 2.75) is 34.1 Å². The average Bonchev–Trinajstić information content (AvgIpc) is 3.09. The molecule has 0 fully saturated rings. The molecule has 6 heteroatoms. The smallest absolute Gasteiger partial charge is 0.262 e. The fraction of sp³-hybridized carbons (Fsp3) is 0.240. The molecule has 0 unspecified atom stereocenters. The quantitative estimate of drug-likeness (QED) is 0.486. The van der Waals surface area contributed by atoms with E-state index in [1.54, 1.807) is 0 Å². The van der Waals surface area contributed by atoms with Crippen molar-refractivity contribution in [1.29, 1.82) is 0 Å². The van der Waals surface area contributed by atoms with E-state index >= 15 is 0 Å². The highest BCUT2D eigenvalue weighted by atomic mass is 16.5. The van der Waals surface area contributed by atoms with E-state index in [2.05, 4.69) is 31.3 Å². The molecule has 2 aromatic heterocycles. The zero-order chi connectivity index (χ0) is 22.0. The Kier molecular flexibility index (Phi) is 5.71. The Balaban J connectivity index is 1.61. The van der Waals surface area contributed by atoms with Crippen LogP contribution >= 0.6 is 0 Å². The molecule has 4 aromatic rings. The molecule has 31 heavy (non-hydrogen) atoms. The van der Waals surface area contributed by atoms with Crippen molar-refractivity contribution < 1.29 is 9.53 Å². The van der Waals surface area contributed by atoms with Gasteiger partial charge in [-0.3, -0.25) is 4.79 Å². The van der Waals surface area contributed by atoms with Gasteiger partial charge in [-0.1, -0.05) is 36.8 Å². The van der Waals surface area contributed by atoms with Gasteiger partial charge in [-0.2, -0.15) is 10.1 Å². The van der Waals surface area contributed by atoms with Crippen LogP contribution < -0.4 is 10.1 Å². The number of ether oxygens (including phenoxy) is 1. The first-order valence-corrected chi connectivity index (χ1v) is 10.4. The van der Waals surface area contributed by atoms with Gasteiger partial charge in [0.25, 0.3) is 5.91 Å². The Hall–Kier alpha value is -3.67. The summed E-state index contributed by atoms with van der Waals surface area (Å²) in [6.07, 6.45) is 0.811. The predicted octanol–water partition coefficient (Wildman–Crippen LogP) is 4.93. The number of aryl methyl sites for hydroxylation is 4. The third-order valence-electron chi connectivity index (χ3n) is 5.18. The molecule has 1 N–H and O–H groups in total. The lowest BCUT2D eigenvalue weighted by Gasteiger charge is -2.10. The first kappa shape index (κ1) is 20.6. The first-order valence-electron chi connectivity index (χ1n) is 10.4. The van der Waals surface area contributed by atoms with E-state index in [1.807, 2.05) is 61.0 Å². The van der Waals surface area contributed by atoms with Gasteiger partial charge in [0.1, 0.15) is 0 Å². The minimum absolute atomic E-state index is 0.118. The Labute approximate surface area is 181 Å². The Bertz CT molecular complexity index is 1240. The average molecular weight is 415 g/mol. The highest BCUT2D eigenvalue weighted by molar-refractivity contribution is 5.92. The number of amides is 1. The van der Waals surface area contributed by atoms with Crippen LogP contribution in [0.2, 0.25) is 0 Å². The standard InChI is InChI=1S/C25H26N4O2/c1-5-19-14-23(31-15-22(30)26-20-8-6-7-17(3)13-20)27-25-24(19)18(4)28-29(25)21-11-9-16(2)10-12-21/h6-14H,5,15H2,1-4H3,(H,26,30). The fourth-order valence-electron chi connectivity index (χ4n) is 3.63. The third kappa shape index (κ3) is 4.43. The molecule has 2 aromatic carbocycles. The number of nitrogens with one attached hydrogen (secondary N) is 1. The van der Waals surface area contributed by atoms with Crippen molar-refractivity contribution in [1.82, 2.24) is 14.8 Å². The van der Waals surface area contributed by atoms with Crippen molar-refractivity contribution in [3.63, 3.8) is 0 Å². The predicted molar refractivity (Wildman–Crippen MR) is 123 cm³/mol. The molecular weight excluding hydrogens is 388 g/mol. The summed E-state index contributed by atoms with van der Waals surface area (Å²) >= 11 is 0. The maximum absolute atomic E-state index is 12.4. The van der Waals surface area contributed by atoms with Gasteiger partial charge in [0.05, 0.1) is 11.4 Å². The molecule has 0 saturated heterocycles. The molecule has 0 saturated carbocycles. The molecular formula is C25H26N4O2. The van der Waals surface area contributed by atoms with Crippen LogP contribution in [-0.2, 0) is 11.2 Å². The summed E-state index contributed by atoms with van der Waals surface area (Å²) in [6, 6.07) is 17.7. The van der Waals surface area contributed by atoms with Crippen molar-refractivity contribution in [3.05, 3.63) is 77.0 Å². The van der Waals surface area contributed by atoms with Crippen molar-refractivity contribution in [2.24, 2.45) is 0 Å². The van der Waals surface area contributed by atoms with Crippen LogP contribution in [0.5, 0.6) is 5.88 Å². The molecule has 0 aliphatic carbocycles. The van der Waals surface area contributed by atoms with Crippen molar-refractivity contribution in [2.75, 3.05) is 11.9 Å². The molecule has 1 amide bonds. The number of rotatable bonds is 6. The van der Waals surface area contributed by atoms with Gasteiger partial charge in [-0.05, 0) is 62.6 Å². The van der Waals surface area contributed by atoms with Crippen LogP contribution in [0.4, 0.5) is 5.69 Å². The number of nitrogens with zero attached hydrogens (tertiary/aromatic N) is 3. The highest BCUT2D eigenvalue weighted by Gasteiger charge is 2.16. The second-order valence-corrected chi connectivity index (χ2v) is 7.71. The third-order valence-corrected chi connectivity index (χ3v) is 5.18. The number of hydrogen-bond donors (Lipinski definition) is 1. The summed E-state index contributed by atoms with van der Waals surface area (Å²) in [5.74, 6) is 0.186. The maximum atomic E-state index is 12.4. The largest absolute Gasteiger partial charge is 0.467 e. The summed E-state index contributed by atoms with van der Waals surface area (Å²) in [7, 11) is 0. The normalized spacial score (nSPS) is 11.0. The lowest BCUT2D eigenvalue weighted by molar-refractivity contribution is -0.118. The molecule has 4 rings (SSSR count). The van der Waals surface area contributed by atoms with E-state index in [0.29, 0.717) is 5.88 Å². The SMILES string of the molecule is CCc1cc(OCC(=O)Nc2cccc(C)c2)nc2c1c(C)nn2-c1ccc(C)cc1. The zero-order valence-electron chi connectivity index (χ0n) is 18.3. The van der Waals surface area contributed by atoms with Gasteiger partial charge < -0.3 is 10.1 Å². The van der Waals surface area contributed by atoms with Crippen LogP contribution in [0.25, 0.3) is 16.7 Å². The molecule has 6 nitrogen and oxygen atoms in total. The number of anilines is 1. The van der Waals surface area contributed by atoms with Crippen LogP contribution in [0, 0.1) is 20.8 Å². The molecule has 0 atom stereocenters. The van der Waals surface area contributed by atoms with Gasteiger partial charge in [-0.15, -0.1) is 0 Å². The number of fused-ring (bicyclic) bond motifs is 1. The minimum Gasteiger partial charge on any atom is -0.467 e. The molecule has 158 valence electrons. The number of pyridine rings is 1. The van der Waals surface area contributed by atoms with E-state index in [-0.39, 0.29) is 12.5 Å². The summed E-state index contributed by atoms with van der Waals surface area (Å²) < 4.78 is 7.61. The molecule has 2 heterocycles. The number of carbonyl (C=O) groups excluding carboxylic acids is 1. The summed E-state index contributed by atoms with van der Waals surface area (Å²) in [5, 5.41) is 8.60. The van der Waals surface area contributed by atoms with Crippen LogP contribution in [0.1, 0.15) is 29.3 Å². The fourth-order valence-corrected chi connectivity index (χ4v) is 3.63. The van der Waals surface area contributed by atoms with Gasteiger partial charge in [0.2, 0.25) is 5.88 Å². The zero-order valence-corrected chi connectivity index (χ0v) is 18.3. The summed E-state index contributed by atoms with van der Waals surface area (Å²) in [6.45, 7) is 8.00. The van der Waals surface area contributed by atoms with E-state index < -0.39 is 0 Å². The molecule has 0 aliphatic rings. The minimum atomic E-state index is -0.228. The van der Waals surface area contributed by atoms with Crippen LogP contribution in [-0.4, -0.2) is 27.3 Å². The highest BCUT2D eigenvalue weighted by Crippen LogP contribution is 2.27. The Morgan fingerprint density at radius 3 is 2.52 bits per heavy atom. The molecule has 0 radical (unpaired) electrons. The molecule has 0 spiro atoms. The number of benzene rings is 2. The lowest BCUT2D eigenvalue weighted by atomic mass is 10.1. The Morgan fingerprint density at radius 2 is 1.81 bits per heavy atom. The second kappa shape index (κ2) is 8.60. The monoisotopic (exact) mass is 414 g/mol. The van der Waals surface area contributed by atoms with E-state index in [9.17, 15) is 4.79 Å². The van der Waals surface area contributed by atoms with Gasteiger partial charge >= 0.3 is 0 Å². The van der Waals surface area contributed by atoms with Crippen LogP contribution in [0.15, 0.2) is 54.6 Å². The van der Waals surface area contributed by atoms with E-state index in [4.69, 9.17) is 14.8 Å². The lowest BCUT2D eigenvalue weighted by Crippen LogP contribution is -2.20. The number of carbonyl (C=O) groups is 1. The molecule has 0 bridgehead atoms. The number of hydrogen-bond acceptors (Lipinski definition) is 4. The first-order chi connectivity index (χ1) is 14.9.